The molecule has 0 spiro atoms. The summed E-state index contributed by atoms with van der Waals surface area (Å²) in [6.45, 7) is -0.199. The van der Waals surface area contributed by atoms with Crippen molar-refractivity contribution in [3.63, 3.8) is 0 Å². The van der Waals surface area contributed by atoms with Gasteiger partial charge in [0.15, 0.2) is 17.0 Å². The largest absolute Gasteiger partial charge is 0.396 e. The summed E-state index contributed by atoms with van der Waals surface area (Å²) in [5.74, 6) is -2.04. The molecule has 0 unspecified atom stereocenters. The first-order valence-corrected chi connectivity index (χ1v) is 11.0. The zero-order valence-corrected chi connectivity index (χ0v) is 18.5. The Morgan fingerprint density at radius 3 is 2.69 bits per heavy atom. The van der Waals surface area contributed by atoms with E-state index in [1.807, 2.05) is 10.6 Å². The smallest absolute Gasteiger partial charge is 0.249 e. The fourth-order valence-electron chi connectivity index (χ4n) is 4.17. The van der Waals surface area contributed by atoms with Crippen LogP contribution < -0.4 is 10.6 Å². The summed E-state index contributed by atoms with van der Waals surface area (Å²) >= 11 is 3.40. The van der Waals surface area contributed by atoms with E-state index in [1.165, 1.54) is 0 Å². The third-order valence-electron chi connectivity index (χ3n) is 5.88. The molecule has 0 atom stereocenters. The summed E-state index contributed by atoms with van der Waals surface area (Å²) < 4.78 is 29.6. The summed E-state index contributed by atoms with van der Waals surface area (Å²) in [5, 5.41) is 25.2. The number of alkyl halides is 2. The molecule has 0 saturated heterocycles. The van der Waals surface area contributed by atoms with Crippen LogP contribution in [0.3, 0.4) is 0 Å². The second kappa shape index (κ2) is 7.64. The Hall–Kier alpha value is -2.84. The number of hydrogen-bond donors (Lipinski definition) is 3. The molecule has 8 nitrogen and oxygen atoms in total. The van der Waals surface area contributed by atoms with E-state index in [0.29, 0.717) is 34.3 Å². The van der Waals surface area contributed by atoms with Gasteiger partial charge in [-0.2, -0.15) is 15.2 Å². The van der Waals surface area contributed by atoms with Crippen molar-refractivity contribution in [2.45, 2.75) is 37.6 Å². The fourth-order valence-corrected chi connectivity index (χ4v) is 4.66. The number of anilines is 3. The Balaban J connectivity index is 1.48. The number of aliphatic hydroxyl groups is 1. The third-order valence-corrected chi connectivity index (χ3v) is 6.33. The van der Waals surface area contributed by atoms with E-state index in [-0.39, 0.29) is 31.9 Å². The third kappa shape index (κ3) is 4.00. The van der Waals surface area contributed by atoms with Crippen molar-refractivity contribution in [2.24, 2.45) is 5.41 Å². The number of hydrogen-bond acceptors (Lipinski definition) is 7. The molecular formula is C21H20BrF2N7O. The molecule has 2 aromatic heterocycles. The van der Waals surface area contributed by atoms with Crippen LogP contribution in [0.1, 0.15) is 37.3 Å². The number of benzene rings is 1. The van der Waals surface area contributed by atoms with E-state index in [1.54, 1.807) is 18.5 Å². The molecule has 32 heavy (non-hydrogen) atoms. The molecule has 2 heterocycles. The lowest BCUT2D eigenvalue weighted by atomic mass is 9.66. The minimum absolute atomic E-state index is 0.136. The van der Waals surface area contributed by atoms with Crippen molar-refractivity contribution < 1.29 is 13.9 Å². The molecule has 0 radical (unpaired) electrons. The number of nitrogens with zero attached hydrogens (tertiary/aromatic N) is 5. The summed E-state index contributed by atoms with van der Waals surface area (Å²) in [6.07, 6.45) is 3.08. The zero-order chi connectivity index (χ0) is 22.5. The average molecular weight is 504 g/mol. The Morgan fingerprint density at radius 1 is 1.25 bits per heavy atom. The van der Waals surface area contributed by atoms with Crippen molar-refractivity contribution in [1.29, 1.82) is 5.26 Å². The Morgan fingerprint density at radius 2 is 2.03 bits per heavy atom. The van der Waals surface area contributed by atoms with Gasteiger partial charge >= 0.3 is 0 Å². The standard InChI is InChI=1S/C21H20BrF2N7O/c22-13-3-12(6-25)4-14(5-13)28-17-16-18(31(11-27-16)15-1-2-15)30-19(29-17)26-9-20(10-32)7-21(23,24)8-20/h3-5,11,15,32H,1-2,7-10H2,(H2,26,28,29,30). The highest BCUT2D eigenvalue weighted by molar-refractivity contribution is 9.10. The lowest BCUT2D eigenvalue weighted by Gasteiger charge is -2.46. The Kier molecular flexibility index (Phi) is 5.02. The molecule has 1 aromatic carbocycles. The molecule has 2 aliphatic carbocycles. The van der Waals surface area contributed by atoms with Gasteiger partial charge in [-0.3, -0.25) is 0 Å². The number of aliphatic hydroxyl groups excluding tert-OH is 1. The van der Waals surface area contributed by atoms with Gasteiger partial charge in [-0.1, -0.05) is 15.9 Å². The zero-order valence-electron chi connectivity index (χ0n) is 16.9. The molecule has 3 aromatic rings. The fraction of sp³-hybridized carbons (Fsp3) is 0.429. The van der Waals surface area contributed by atoms with Crippen molar-refractivity contribution >= 4 is 44.5 Å². The van der Waals surface area contributed by atoms with Crippen LogP contribution in [0, 0.1) is 16.7 Å². The van der Waals surface area contributed by atoms with Crippen LogP contribution in [0.25, 0.3) is 11.2 Å². The molecule has 2 saturated carbocycles. The van der Waals surface area contributed by atoms with Gasteiger partial charge in [-0.15, -0.1) is 0 Å². The molecule has 2 fully saturated rings. The van der Waals surface area contributed by atoms with Crippen molar-refractivity contribution in [2.75, 3.05) is 23.8 Å². The number of aromatic nitrogens is 4. The first-order chi connectivity index (χ1) is 15.3. The average Bonchev–Trinajstić information content (AvgIpc) is 3.49. The van der Waals surface area contributed by atoms with Gasteiger partial charge < -0.3 is 20.3 Å². The molecule has 5 rings (SSSR count). The van der Waals surface area contributed by atoms with Gasteiger partial charge in [-0.05, 0) is 31.0 Å². The lowest BCUT2D eigenvalue weighted by molar-refractivity contribution is -0.169. The number of rotatable bonds is 7. The SMILES string of the molecule is N#Cc1cc(Br)cc(Nc2nc(NCC3(CO)CC(F)(F)C3)nc3c2ncn3C2CC2)c1. The molecular weight excluding hydrogens is 484 g/mol. The van der Waals surface area contributed by atoms with Crippen molar-refractivity contribution in [1.82, 2.24) is 19.5 Å². The van der Waals surface area contributed by atoms with Crippen molar-refractivity contribution in [3.05, 3.63) is 34.6 Å². The molecule has 3 N–H and O–H groups in total. The van der Waals surface area contributed by atoms with Crippen LogP contribution in [0.15, 0.2) is 29.0 Å². The van der Waals surface area contributed by atoms with Gasteiger partial charge in [-0.25, -0.2) is 13.8 Å². The van der Waals surface area contributed by atoms with Crippen molar-refractivity contribution in [3.8, 4) is 6.07 Å². The van der Waals surface area contributed by atoms with Gasteiger partial charge in [0.2, 0.25) is 11.9 Å². The minimum Gasteiger partial charge on any atom is -0.396 e. The van der Waals surface area contributed by atoms with E-state index >= 15 is 0 Å². The summed E-state index contributed by atoms with van der Waals surface area (Å²) in [7, 11) is 0. The Bertz CT molecular complexity index is 1230. The van der Waals surface area contributed by atoms with Gasteiger partial charge in [0.1, 0.15) is 0 Å². The molecule has 0 bridgehead atoms. The lowest BCUT2D eigenvalue weighted by Crippen LogP contribution is -2.52. The highest BCUT2D eigenvalue weighted by atomic mass is 79.9. The second-order valence-electron chi connectivity index (χ2n) is 8.64. The van der Waals surface area contributed by atoms with Crippen LogP contribution in [-0.4, -0.2) is 43.7 Å². The predicted octanol–water partition coefficient (Wildman–Crippen LogP) is 4.36. The molecule has 2 aliphatic rings. The quantitative estimate of drug-likeness (QED) is 0.439. The maximum Gasteiger partial charge on any atom is 0.249 e. The first-order valence-electron chi connectivity index (χ1n) is 10.2. The van der Waals surface area contributed by atoms with Crippen LogP contribution >= 0.6 is 15.9 Å². The van der Waals surface area contributed by atoms with E-state index in [4.69, 9.17) is 0 Å². The number of fused-ring (bicyclic) bond motifs is 1. The number of halogens is 3. The predicted molar refractivity (Wildman–Crippen MR) is 118 cm³/mol. The number of imidazole rings is 1. The summed E-state index contributed by atoms with van der Waals surface area (Å²) in [5.41, 5.74) is 1.45. The summed E-state index contributed by atoms with van der Waals surface area (Å²) in [4.78, 5) is 13.6. The highest BCUT2D eigenvalue weighted by Crippen LogP contribution is 2.51. The van der Waals surface area contributed by atoms with Gasteiger partial charge in [0, 0.05) is 41.0 Å². The molecule has 166 valence electrons. The summed E-state index contributed by atoms with van der Waals surface area (Å²) in [6, 6.07) is 7.67. The van der Waals surface area contributed by atoms with E-state index in [2.05, 4.69) is 47.6 Å². The highest BCUT2D eigenvalue weighted by Gasteiger charge is 2.56. The van der Waals surface area contributed by atoms with E-state index < -0.39 is 11.3 Å². The van der Waals surface area contributed by atoms with Gasteiger partial charge in [0.25, 0.3) is 0 Å². The van der Waals surface area contributed by atoms with E-state index in [0.717, 1.165) is 17.3 Å². The first kappa shape index (κ1) is 21.0. The topological polar surface area (TPSA) is 112 Å². The number of nitrogens with one attached hydrogen (secondary N) is 2. The Labute approximate surface area is 190 Å². The monoisotopic (exact) mass is 503 g/mol. The van der Waals surface area contributed by atoms with E-state index in [9.17, 15) is 19.1 Å². The maximum absolute atomic E-state index is 13.4. The van der Waals surface area contributed by atoms with Crippen LogP contribution in [-0.2, 0) is 0 Å². The minimum atomic E-state index is -2.74. The normalized spacial score (nSPS) is 18.7. The van der Waals surface area contributed by atoms with Crippen LogP contribution in [0.5, 0.6) is 0 Å². The second-order valence-corrected chi connectivity index (χ2v) is 9.55. The molecule has 0 aliphatic heterocycles. The molecule has 11 heteroatoms. The van der Waals surface area contributed by atoms with Crippen LogP contribution in [0.2, 0.25) is 0 Å². The molecule has 0 amide bonds. The maximum atomic E-state index is 13.4. The number of nitriles is 1. The van der Waals surface area contributed by atoms with Crippen LogP contribution in [0.4, 0.5) is 26.2 Å². The van der Waals surface area contributed by atoms with Gasteiger partial charge in [0.05, 0.1) is 24.6 Å².